The van der Waals surface area contributed by atoms with Gasteiger partial charge in [-0.1, -0.05) is 30.3 Å². The van der Waals surface area contributed by atoms with Gasteiger partial charge >= 0.3 is 0 Å². The van der Waals surface area contributed by atoms with Crippen LogP contribution < -0.4 is 10.0 Å². The molecular formula is C17H24ClN3O2S. The first-order valence-electron chi connectivity index (χ1n) is 8.07. The molecule has 0 amide bonds. The Hall–Kier alpha value is -1.18. The molecule has 1 aliphatic heterocycles. The lowest BCUT2D eigenvalue weighted by Gasteiger charge is -2.27. The maximum atomic E-state index is 12.4. The molecule has 2 aromatic carbocycles. The maximum absolute atomic E-state index is 12.4. The average Bonchev–Trinajstić information content (AvgIpc) is 2.59. The van der Waals surface area contributed by atoms with Crippen molar-refractivity contribution in [2.45, 2.75) is 11.3 Å². The molecule has 0 radical (unpaired) electrons. The summed E-state index contributed by atoms with van der Waals surface area (Å²) in [5, 5.41) is 5.30. The summed E-state index contributed by atoms with van der Waals surface area (Å²) in [5.41, 5.74) is 0. The van der Waals surface area contributed by atoms with E-state index in [1.165, 1.54) is 0 Å². The van der Waals surface area contributed by atoms with Crippen LogP contribution in [0.2, 0.25) is 0 Å². The minimum absolute atomic E-state index is 0. The summed E-state index contributed by atoms with van der Waals surface area (Å²) in [6.45, 7) is 5.52. The van der Waals surface area contributed by atoms with Crippen LogP contribution >= 0.6 is 12.4 Å². The minimum atomic E-state index is -3.44. The third-order valence-electron chi connectivity index (χ3n) is 4.18. The summed E-state index contributed by atoms with van der Waals surface area (Å²) in [6.07, 6.45) is 0.826. The van der Waals surface area contributed by atoms with Crippen molar-refractivity contribution < 1.29 is 8.42 Å². The van der Waals surface area contributed by atoms with Gasteiger partial charge in [-0.05, 0) is 35.9 Å². The van der Waals surface area contributed by atoms with Crippen molar-refractivity contribution in [3.8, 4) is 0 Å². The van der Waals surface area contributed by atoms with E-state index in [0.29, 0.717) is 11.4 Å². The van der Waals surface area contributed by atoms with Crippen LogP contribution in [-0.2, 0) is 10.0 Å². The highest BCUT2D eigenvalue weighted by Gasteiger charge is 2.14. The van der Waals surface area contributed by atoms with Crippen molar-refractivity contribution in [2.75, 3.05) is 39.3 Å². The van der Waals surface area contributed by atoms with Gasteiger partial charge in [-0.2, -0.15) is 0 Å². The van der Waals surface area contributed by atoms with Gasteiger partial charge in [0.25, 0.3) is 0 Å². The zero-order valence-corrected chi connectivity index (χ0v) is 15.2. The number of rotatable bonds is 6. The molecule has 7 heteroatoms. The zero-order valence-electron chi connectivity index (χ0n) is 13.6. The highest BCUT2D eigenvalue weighted by molar-refractivity contribution is 7.89. The van der Waals surface area contributed by atoms with Crippen LogP contribution in [0, 0.1) is 0 Å². The Morgan fingerprint density at radius 3 is 2.50 bits per heavy atom. The standard InChI is InChI=1S/C17H23N3O2S.ClH/c21-23(22,19-8-3-11-20-12-9-18-10-13-20)17-7-6-15-4-1-2-5-16(15)14-17;/h1-2,4-7,14,18-19H,3,8-13H2;1H. The molecule has 132 valence electrons. The molecule has 2 aromatic rings. The number of nitrogens with one attached hydrogen (secondary N) is 2. The topological polar surface area (TPSA) is 61.4 Å². The van der Waals surface area contributed by atoms with Crippen LogP contribution in [0.25, 0.3) is 10.8 Å². The summed E-state index contributed by atoms with van der Waals surface area (Å²) in [7, 11) is -3.44. The van der Waals surface area contributed by atoms with E-state index in [-0.39, 0.29) is 12.4 Å². The van der Waals surface area contributed by atoms with E-state index < -0.39 is 10.0 Å². The van der Waals surface area contributed by atoms with Gasteiger partial charge in [0.2, 0.25) is 10.0 Å². The monoisotopic (exact) mass is 369 g/mol. The van der Waals surface area contributed by atoms with Crippen LogP contribution in [0.4, 0.5) is 0 Å². The predicted octanol–water partition coefficient (Wildman–Crippen LogP) is 1.84. The first kappa shape index (κ1) is 19.1. The molecule has 1 heterocycles. The number of hydrogen-bond acceptors (Lipinski definition) is 4. The third-order valence-corrected chi connectivity index (χ3v) is 5.64. The number of hydrogen-bond donors (Lipinski definition) is 2. The van der Waals surface area contributed by atoms with Gasteiger partial charge in [0.05, 0.1) is 4.90 Å². The SMILES string of the molecule is Cl.O=S(=O)(NCCCN1CCNCC1)c1ccc2ccccc2c1. The molecule has 1 fully saturated rings. The third kappa shape index (κ3) is 4.91. The lowest BCUT2D eigenvalue weighted by Crippen LogP contribution is -2.44. The number of piperazine rings is 1. The second kappa shape index (κ2) is 8.78. The lowest BCUT2D eigenvalue weighted by molar-refractivity contribution is 0.239. The minimum Gasteiger partial charge on any atom is -0.314 e. The lowest BCUT2D eigenvalue weighted by atomic mass is 10.1. The first-order chi connectivity index (χ1) is 11.1. The summed E-state index contributed by atoms with van der Waals surface area (Å²) in [5.74, 6) is 0. The fourth-order valence-electron chi connectivity index (χ4n) is 2.86. The van der Waals surface area contributed by atoms with Crippen LogP contribution in [-0.4, -0.2) is 52.6 Å². The summed E-state index contributed by atoms with van der Waals surface area (Å²) >= 11 is 0. The smallest absolute Gasteiger partial charge is 0.240 e. The van der Waals surface area contributed by atoms with E-state index in [9.17, 15) is 8.42 Å². The quantitative estimate of drug-likeness (QED) is 0.763. The van der Waals surface area contributed by atoms with Crippen LogP contribution in [0.15, 0.2) is 47.4 Å². The van der Waals surface area contributed by atoms with Crippen molar-refractivity contribution in [1.29, 1.82) is 0 Å². The fraction of sp³-hybridized carbons (Fsp3) is 0.412. The highest BCUT2D eigenvalue weighted by atomic mass is 35.5. The number of nitrogens with zero attached hydrogens (tertiary/aromatic N) is 1. The maximum Gasteiger partial charge on any atom is 0.240 e. The van der Waals surface area contributed by atoms with Gasteiger partial charge in [0.1, 0.15) is 0 Å². The number of sulfonamides is 1. The van der Waals surface area contributed by atoms with Gasteiger partial charge in [0, 0.05) is 32.7 Å². The van der Waals surface area contributed by atoms with Gasteiger partial charge in [-0.3, -0.25) is 0 Å². The Labute approximate surface area is 149 Å². The molecule has 0 unspecified atom stereocenters. The molecule has 0 atom stereocenters. The van der Waals surface area contributed by atoms with Crippen molar-refractivity contribution in [3.05, 3.63) is 42.5 Å². The summed E-state index contributed by atoms with van der Waals surface area (Å²) < 4.78 is 27.5. The second-order valence-electron chi connectivity index (χ2n) is 5.85. The van der Waals surface area contributed by atoms with Gasteiger partial charge in [0.15, 0.2) is 0 Å². The van der Waals surface area contributed by atoms with Crippen LogP contribution in [0.5, 0.6) is 0 Å². The highest BCUT2D eigenvalue weighted by Crippen LogP contribution is 2.18. The predicted molar refractivity (Wildman–Crippen MR) is 100 cm³/mol. The molecule has 0 aromatic heterocycles. The largest absolute Gasteiger partial charge is 0.314 e. The molecule has 0 spiro atoms. The fourth-order valence-corrected chi connectivity index (χ4v) is 3.97. The van der Waals surface area contributed by atoms with Crippen molar-refractivity contribution >= 4 is 33.2 Å². The molecule has 1 saturated heterocycles. The molecule has 24 heavy (non-hydrogen) atoms. The van der Waals surface area contributed by atoms with E-state index in [1.54, 1.807) is 12.1 Å². The molecule has 0 bridgehead atoms. The van der Waals surface area contributed by atoms with E-state index in [0.717, 1.165) is 49.9 Å². The Morgan fingerprint density at radius 1 is 1.04 bits per heavy atom. The Balaban J connectivity index is 0.00000208. The molecule has 3 rings (SSSR count). The first-order valence-corrected chi connectivity index (χ1v) is 9.55. The van der Waals surface area contributed by atoms with Crippen molar-refractivity contribution in [1.82, 2.24) is 14.9 Å². The number of halogens is 1. The second-order valence-corrected chi connectivity index (χ2v) is 7.62. The van der Waals surface area contributed by atoms with E-state index in [4.69, 9.17) is 0 Å². The van der Waals surface area contributed by atoms with Crippen molar-refractivity contribution in [3.63, 3.8) is 0 Å². The van der Waals surface area contributed by atoms with Gasteiger partial charge < -0.3 is 10.2 Å². The Kier molecular flexibility index (Phi) is 7.01. The summed E-state index contributed by atoms with van der Waals surface area (Å²) in [4.78, 5) is 2.69. The van der Waals surface area contributed by atoms with Crippen LogP contribution in [0.3, 0.4) is 0 Å². The molecule has 1 aliphatic rings. The van der Waals surface area contributed by atoms with E-state index >= 15 is 0 Å². The summed E-state index contributed by atoms with van der Waals surface area (Å²) in [6, 6.07) is 13.0. The average molecular weight is 370 g/mol. The molecule has 0 saturated carbocycles. The van der Waals surface area contributed by atoms with E-state index in [2.05, 4.69) is 14.9 Å². The van der Waals surface area contributed by atoms with Crippen molar-refractivity contribution in [2.24, 2.45) is 0 Å². The van der Waals surface area contributed by atoms with Crippen LogP contribution in [0.1, 0.15) is 6.42 Å². The van der Waals surface area contributed by atoms with E-state index in [1.807, 2.05) is 30.3 Å². The zero-order chi connectivity index (χ0) is 16.1. The normalized spacial score (nSPS) is 16.0. The number of benzene rings is 2. The Bertz CT molecular complexity index is 761. The molecule has 5 nitrogen and oxygen atoms in total. The van der Waals surface area contributed by atoms with Gasteiger partial charge in [-0.25, -0.2) is 13.1 Å². The van der Waals surface area contributed by atoms with Gasteiger partial charge in [-0.15, -0.1) is 12.4 Å². The molecular weight excluding hydrogens is 346 g/mol. The molecule has 2 N–H and O–H groups in total. The molecule has 0 aliphatic carbocycles. The Morgan fingerprint density at radius 2 is 1.75 bits per heavy atom. The number of fused-ring (bicyclic) bond motifs is 1.